The van der Waals surface area contributed by atoms with E-state index in [1.54, 1.807) is 6.26 Å². The molecule has 1 rings (SSSR count). The minimum Gasteiger partial charge on any atom is -0.501 e. The average molecular weight is 172 g/mol. The third-order valence-electron chi connectivity index (χ3n) is 1.91. The Kier molecular flexibility index (Phi) is 4.51. The van der Waals surface area contributed by atoms with Gasteiger partial charge in [0.1, 0.15) is 0 Å². The van der Waals surface area contributed by atoms with Crippen LogP contribution in [-0.4, -0.2) is 18.1 Å². The van der Waals surface area contributed by atoms with Crippen LogP contribution in [0, 0.1) is 5.92 Å². The zero-order valence-electron chi connectivity index (χ0n) is 7.08. The van der Waals surface area contributed by atoms with E-state index in [0.717, 1.165) is 12.5 Å². The van der Waals surface area contributed by atoms with Crippen LogP contribution in [0.3, 0.4) is 0 Å². The van der Waals surface area contributed by atoms with Gasteiger partial charge in [0.25, 0.3) is 0 Å². The van der Waals surface area contributed by atoms with Gasteiger partial charge in [-0.3, -0.25) is 0 Å². The van der Waals surface area contributed by atoms with E-state index in [9.17, 15) is 0 Å². The molecule has 1 fully saturated rings. The second-order valence-electron chi connectivity index (χ2n) is 2.86. The number of ether oxygens (including phenoxy) is 1. The summed E-state index contributed by atoms with van der Waals surface area (Å²) in [5.74, 6) is 3.46. The maximum atomic E-state index is 5.33. The van der Waals surface area contributed by atoms with E-state index in [1.807, 2.05) is 13.0 Å². The van der Waals surface area contributed by atoms with Gasteiger partial charge in [0.2, 0.25) is 0 Å². The zero-order chi connectivity index (χ0) is 7.94. The van der Waals surface area contributed by atoms with Crippen LogP contribution < -0.4 is 0 Å². The third-order valence-corrected chi connectivity index (χ3v) is 2.95. The van der Waals surface area contributed by atoms with Gasteiger partial charge in [-0.2, -0.15) is 11.8 Å². The van der Waals surface area contributed by atoms with E-state index >= 15 is 0 Å². The fraction of sp³-hybridized carbons (Fsp3) is 0.778. The summed E-state index contributed by atoms with van der Waals surface area (Å²) in [5, 5.41) is 0. The normalized spacial score (nSPS) is 20.8. The molecule has 64 valence electrons. The summed E-state index contributed by atoms with van der Waals surface area (Å²) in [6, 6.07) is 0. The molecule has 0 unspecified atom stereocenters. The molecule has 0 aromatic rings. The molecule has 0 spiro atoms. The minimum absolute atomic E-state index is 0.812. The predicted octanol–water partition coefficient (Wildman–Crippen LogP) is 2.68. The lowest BCUT2D eigenvalue weighted by atomic mass is 10.0. The molecule has 0 saturated carbocycles. The summed E-state index contributed by atoms with van der Waals surface area (Å²) in [4.78, 5) is 0. The van der Waals surface area contributed by atoms with Crippen molar-refractivity contribution >= 4 is 11.8 Å². The van der Waals surface area contributed by atoms with Crippen molar-refractivity contribution in [2.75, 3.05) is 18.1 Å². The maximum absolute atomic E-state index is 5.33. The van der Waals surface area contributed by atoms with Gasteiger partial charge in [-0.25, -0.2) is 0 Å². The van der Waals surface area contributed by atoms with Gasteiger partial charge in [0.15, 0.2) is 0 Å². The van der Waals surface area contributed by atoms with Crippen LogP contribution in [0.1, 0.15) is 19.8 Å². The molecule has 0 aromatic carbocycles. The van der Waals surface area contributed by atoms with Crippen molar-refractivity contribution in [2.24, 2.45) is 5.92 Å². The number of thioether (sulfide) groups is 1. The van der Waals surface area contributed by atoms with Crippen LogP contribution in [0.2, 0.25) is 0 Å². The Labute approximate surface area is 73.2 Å². The smallest absolute Gasteiger partial charge is 0.0901 e. The van der Waals surface area contributed by atoms with Crippen LogP contribution in [0.5, 0.6) is 0 Å². The molecule has 1 heterocycles. The summed E-state index contributed by atoms with van der Waals surface area (Å²) in [6.07, 6.45) is 6.41. The van der Waals surface area contributed by atoms with Crippen molar-refractivity contribution < 1.29 is 4.74 Å². The Morgan fingerprint density at radius 2 is 2.18 bits per heavy atom. The molecule has 11 heavy (non-hydrogen) atoms. The Morgan fingerprint density at radius 1 is 1.45 bits per heavy atom. The van der Waals surface area contributed by atoms with Crippen LogP contribution in [-0.2, 0) is 4.74 Å². The van der Waals surface area contributed by atoms with Gasteiger partial charge in [-0.05, 0) is 37.2 Å². The highest BCUT2D eigenvalue weighted by molar-refractivity contribution is 7.99. The molecule has 1 aliphatic rings. The van der Waals surface area contributed by atoms with Crippen LogP contribution in [0.4, 0.5) is 0 Å². The van der Waals surface area contributed by atoms with E-state index in [2.05, 4.69) is 11.8 Å². The minimum atomic E-state index is 0.812. The summed E-state index contributed by atoms with van der Waals surface area (Å²) >= 11 is 2.06. The van der Waals surface area contributed by atoms with Gasteiger partial charge in [-0.1, -0.05) is 6.08 Å². The first kappa shape index (κ1) is 8.98. The summed E-state index contributed by atoms with van der Waals surface area (Å²) in [5.41, 5.74) is 0. The van der Waals surface area contributed by atoms with Crippen molar-refractivity contribution in [2.45, 2.75) is 19.8 Å². The first-order valence-electron chi connectivity index (χ1n) is 4.24. The van der Waals surface area contributed by atoms with Crippen LogP contribution >= 0.6 is 11.8 Å². The first-order chi connectivity index (χ1) is 5.43. The number of rotatable bonds is 3. The van der Waals surface area contributed by atoms with Gasteiger partial charge in [-0.15, -0.1) is 0 Å². The van der Waals surface area contributed by atoms with Crippen LogP contribution in [0.25, 0.3) is 0 Å². The SMILES string of the molecule is C/C=C/OCC1CCSCC1. The second-order valence-corrected chi connectivity index (χ2v) is 4.08. The predicted molar refractivity (Wildman–Crippen MR) is 50.8 cm³/mol. The lowest BCUT2D eigenvalue weighted by Crippen LogP contribution is -2.14. The molecule has 0 aromatic heterocycles. The van der Waals surface area contributed by atoms with E-state index in [1.165, 1.54) is 24.3 Å². The second kappa shape index (κ2) is 5.53. The lowest BCUT2D eigenvalue weighted by molar-refractivity contribution is 0.187. The van der Waals surface area contributed by atoms with Crippen molar-refractivity contribution in [3.05, 3.63) is 12.3 Å². The summed E-state index contributed by atoms with van der Waals surface area (Å²) in [6.45, 7) is 2.90. The fourth-order valence-corrected chi connectivity index (χ4v) is 2.41. The Hall–Kier alpha value is -0.110. The highest BCUT2D eigenvalue weighted by atomic mass is 32.2. The molecule has 0 amide bonds. The number of hydrogen-bond donors (Lipinski definition) is 0. The van der Waals surface area contributed by atoms with Crippen molar-refractivity contribution in [1.82, 2.24) is 0 Å². The largest absolute Gasteiger partial charge is 0.501 e. The quantitative estimate of drug-likeness (QED) is 0.605. The van der Waals surface area contributed by atoms with E-state index < -0.39 is 0 Å². The maximum Gasteiger partial charge on any atom is 0.0901 e. The molecule has 0 atom stereocenters. The van der Waals surface area contributed by atoms with Gasteiger partial charge in [0, 0.05) is 0 Å². The van der Waals surface area contributed by atoms with Crippen LogP contribution in [0.15, 0.2) is 12.3 Å². The Morgan fingerprint density at radius 3 is 2.82 bits per heavy atom. The molecule has 1 nitrogen and oxygen atoms in total. The molecule has 1 saturated heterocycles. The molecule has 1 aliphatic heterocycles. The standard InChI is InChI=1S/C9H16OS/c1-2-5-10-8-9-3-6-11-7-4-9/h2,5,9H,3-4,6-8H2,1H3/b5-2+. The van der Waals surface area contributed by atoms with Gasteiger partial charge >= 0.3 is 0 Å². The molecule has 2 heteroatoms. The molecular formula is C9H16OS. The molecule has 0 aliphatic carbocycles. The van der Waals surface area contributed by atoms with Gasteiger partial charge < -0.3 is 4.74 Å². The monoisotopic (exact) mass is 172 g/mol. The molecule has 0 radical (unpaired) electrons. The van der Waals surface area contributed by atoms with Crippen molar-refractivity contribution in [1.29, 1.82) is 0 Å². The number of hydrogen-bond acceptors (Lipinski definition) is 2. The first-order valence-corrected chi connectivity index (χ1v) is 5.39. The molecule has 0 N–H and O–H groups in total. The van der Waals surface area contributed by atoms with Crippen molar-refractivity contribution in [3.63, 3.8) is 0 Å². The highest BCUT2D eigenvalue weighted by Gasteiger charge is 2.12. The highest BCUT2D eigenvalue weighted by Crippen LogP contribution is 2.22. The number of allylic oxidation sites excluding steroid dienone is 1. The Balaban J connectivity index is 2.04. The van der Waals surface area contributed by atoms with E-state index in [-0.39, 0.29) is 0 Å². The summed E-state index contributed by atoms with van der Waals surface area (Å²) in [7, 11) is 0. The summed E-state index contributed by atoms with van der Waals surface area (Å²) < 4.78 is 5.33. The third kappa shape index (κ3) is 3.71. The Bertz CT molecular complexity index is 117. The van der Waals surface area contributed by atoms with E-state index in [4.69, 9.17) is 4.74 Å². The molecule has 0 bridgehead atoms. The van der Waals surface area contributed by atoms with Crippen molar-refractivity contribution in [3.8, 4) is 0 Å². The van der Waals surface area contributed by atoms with Gasteiger partial charge in [0.05, 0.1) is 12.9 Å². The lowest BCUT2D eigenvalue weighted by Gasteiger charge is -2.20. The van der Waals surface area contributed by atoms with E-state index in [0.29, 0.717) is 0 Å². The average Bonchev–Trinajstić information content (AvgIpc) is 2.07. The molecular weight excluding hydrogens is 156 g/mol. The fourth-order valence-electron chi connectivity index (χ4n) is 1.20. The zero-order valence-corrected chi connectivity index (χ0v) is 7.90. The topological polar surface area (TPSA) is 9.23 Å².